The van der Waals surface area contributed by atoms with E-state index in [1.165, 1.54) is 23.0 Å². The molecule has 0 bridgehead atoms. The van der Waals surface area contributed by atoms with E-state index in [0.717, 1.165) is 18.8 Å². The number of nitrogens with zero attached hydrogens (tertiary/aromatic N) is 4. The third kappa shape index (κ3) is 5.33. The minimum atomic E-state index is 0.0865. The first kappa shape index (κ1) is 20.3. The van der Waals surface area contributed by atoms with Crippen molar-refractivity contribution in [2.45, 2.75) is 18.8 Å². The number of thioether (sulfide) groups is 1. The van der Waals surface area contributed by atoms with E-state index < -0.39 is 0 Å². The van der Waals surface area contributed by atoms with Gasteiger partial charge in [0.25, 0.3) is 11.1 Å². The summed E-state index contributed by atoms with van der Waals surface area (Å²) >= 11 is 1.26. The predicted molar refractivity (Wildman–Crippen MR) is 116 cm³/mol. The van der Waals surface area contributed by atoms with Crippen molar-refractivity contribution in [2.24, 2.45) is 0 Å². The summed E-state index contributed by atoms with van der Waals surface area (Å²) in [5.74, 6) is 1.51. The fraction of sp³-hybridized carbons (Fsp3) is 0.318. The monoisotopic (exact) mass is 424 g/mol. The van der Waals surface area contributed by atoms with Gasteiger partial charge >= 0.3 is 0 Å². The highest BCUT2D eigenvalue weighted by molar-refractivity contribution is 7.99. The lowest BCUT2D eigenvalue weighted by Gasteiger charge is -2.36. The number of para-hydroxylation sites is 1. The van der Waals surface area contributed by atoms with E-state index >= 15 is 0 Å². The lowest BCUT2D eigenvalue weighted by atomic mass is 10.2. The first-order valence-corrected chi connectivity index (χ1v) is 10.9. The van der Waals surface area contributed by atoms with Gasteiger partial charge < -0.3 is 19.0 Å². The molecule has 0 unspecified atom stereocenters. The Balaban J connectivity index is 1.20. The number of aromatic nitrogens is 2. The minimum Gasteiger partial charge on any atom is -0.484 e. The third-order valence-corrected chi connectivity index (χ3v) is 5.71. The standard InChI is InChI=1S/C22H24N4O3S/c1-17-7-9-19(10-8-17)28-15-20-23-24-22(29-20)30-16-21(27)26-13-11-25(12-14-26)18-5-3-2-4-6-18/h2-10H,11-16H2,1H3. The molecule has 0 aliphatic carbocycles. The van der Waals surface area contributed by atoms with Crippen LogP contribution in [0.2, 0.25) is 0 Å². The number of hydrogen-bond donors (Lipinski definition) is 0. The summed E-state index contributed by atoms with van der Waals surface area (Å²) in [5.41, 5.74) is 2.37. The van der Waals surface area contributed by atoms with Crippen LogP contribution in [0.4, 0.5) is 5.69 Å². The fourth-order valence-electron chi connectivity index (χ4n) is 3.20. The molecule has 2 heterocycles. The number of piperazine rings is 1. The summed E-state index contributed by atoms with van der Waals surface area (Å²) in [6.45, 7) is 5.33. The fourth-order valence-corrected chi connectivity index (χ4v) is 3.89. The van der Waals surface area contributed by atoms with Crippen LogP contribution < -0.4 is 9.64 Å². The number of ether oxygens (including phenoxy) is 1. The van der Waals surface area contributed by atoms with Crippen molar-refractivity contribution in [3.8, 4) is 5.75 Å². The van der Waals surface area contributed by atoms with Crippen LogP contribution in [0.3, 0.4) is 0 Å². The molecule has 7 nitrogen and oxygen atoms in total. The molecule has 0 saturated carbocycles. The van der Waals surface area contributed by atoms with Gasteiger partial charge in [-0.15, -0.1) is 10.2 Å². The zero-order valence-corrected chi connectivity index (χ0v) is 17.7. The van der Waals surface area contributed by atoms with E-state index in [0.29, 0.717) is 24.2 Å². The zero-order valence-electron chi connectivity index (χ0n) is 16.9. The smallest absolute Gasteiger partial charge is 0.277 e. The second kappa shape index (κ2) is 9.67. The quantitative estimate of drug-likeness (QED) is 0.538. The molecule has 1 aromatic heterocycles. The van der Waals surface area contributed by atoms with E-state index in [1.807, 2.05) is 54.3 Å². The molecular weight excluding hydrogens is 400 g/mol. The maximum absolute atomic E-state index is 12.5. The zero-order chi connectivity index (χ0) is 20.8. The number of anilines is 1. The van der Waals surface area contributed by atoms with Gasteiger partial charge in [0.2, 0.25) is 5.91 Å². The molecule has 1 fully saturated rings. The van der Waals surface area contributed by atoms with Crippen LogP contribution in [-0.4, -0.2) is 52.9 Å². The summed E-state index contributed by atoms with van der Waals surface area (Å²) in [5, 5.41) is 8.37. The van der Waals surface area contributed by atoms with Gasteiger partial charge in [-0.25, -0.2) is 0 Å². The Hall–Kier alpha value is -3.00. The summed E-state index contributed by atoms with van der Waals surface area (Å²) in [7, 11) is 0. The first-order valence-electron chi connectivity index (χ1n) is 9.90. The van der Waals surface area contributed by atoms with E-state index in [-0.39, 0.29) is 18.3 Å². The number of hydrogen-bond acceptors (Lipinski definition) is 7. The molecule has 0 radical (unpaired) electrons. The van der Waals surface area contributed by atoms with Crippen molar-refractivity contribution in [1.29, 1.82) is 0 Å². The summed E-state index contributed by atoms with van der Waals surface area (Å²) in [4.78, 5) is 16.7. The molecule has 1 aliphatic rings. The number of carbonyl (C=O) groups excluding carboxylic acids is 1. The second-order valence-electron chi connectivity index (χ2n) is 7.06. The molecule has 30 heavy (non-hydrogen) atoms. The highest BCUT2D eigenvalue weighted by Gasteiger charge is 2.22. The Labute approximate surface area is 180 Å². The Bertz CT molecular complexity index is 954. The van der Waals surface area contributed by atoms with Crippen molar-refractivity contribution < 1.29 is 13.9 Å². The molecule has 1 amide bonds. The Kier molecular flexibility index (Phi) is 6.53. The average Bonchev–Trinajstić information content (AvgIpc) is 3.26. The van der Waals surface area contributed by atoms with E-state index in [1.54, 1.807) is 0 Å². The number of amides is 1. The van der Waals surface area contributed by atoms with Crippen LogP contribution in [0.1, 0.15) is 11.5 Å². The molecule has 1 aliphatic heterocycles. The van der Waals surface area contributed by atoms with Crippen LogP contribution in [0, 0.1) is 6.92 Å². The van der Waals surface area contributed by atoms with Crippen LogP contribution >= 0.6 is 11.8 Å². The molecule has 3 aromatic rings. The maximum atomic E-state index is 12.5. The lowest BCUT2D eigenvalue weighted by molar-refractivity contribution is -0.128. The number of benzene rings is 2. The van der Waals surface area contributed by atoms with Gasteiger partial charge in [-0.3, -0.25) is 4.79 Å². The highest BCUT2D eigenvalue weighted by atomic mass is 32.2. The molecular formula is C22H24N4O3S. The van der Waals surface area contributed by atoms with Crippen molar-refractivity contribution in [3.05, 3.63) is 66.1 Å². The van der Waals surface area contributed by atoms with Gasteiger partial charge in [-0.1, -0.05) is 47.7 Å². The molecule has 156 valence electrons. The maximum Gasteiger partial charge on any atom is 0.277 e. The summed E-state index contributed by atoms with van der Waals surface area (Å²) in [6, 6.07) is 18.0. The normalized spacial score (nSPS) is 14.0. The van der Waals surface area contributed by atoms with Gasteiger partial charge in [0, 0.05) is 31.9 Å². The van der Waals surface area contributed by atoms with Crippen LogP contribution in [-0.2, 0) is 11.4 Å². The molecule has 2 aromatic carbocycles. The van der Waals surface area contributed by atoms with E-state index in [9.17, 15) is 4.79 Å². The molecule has 0 N–H and O–H groups in total. The summed E-state index contributed by atoms with van der Waals surface area (Å²) in [6.07, 6.45) is 0. The first-order chi connectivity index (χ1) is 14.7. The SMILES string of the molecule is Cc1ccc(OCc2nnc(SCC(=O)N3CCN(c4ccccc4)CC3)o2)cc1. The molecule has 0 spiro atoms. The van der Waals surface area contributed by atoms with Crippen LogP contribution in [0.15, 0.2) is 64.2 Å². The van der Waals surface area contributed by atoms with Crippen molar-refractivity contribution in [2.75, 3.05) is 36.8 Å². The average molecular weight is 425 g/mol. The van der Waals surface area contributed by atoms with Crippen molar-refractivity contribution >= 4 is 23.4 Å². The topological polar surface area (TPSA) is 71.7 Å². The Morgan fingerprint density at radius 3 is 2.50 bits per heavy atom. The molecule has 8 heteroatoms. The third-order valence-electron chi connectivity index (χ3n) is 4.90. The molecule has 0 atom stereocenters. The van der Waals surface area contributed by atoms with Gasteiger partial charge in [0.1, 0.15) is 5.75 Å². The van der Waals surface area contributed by atoms with E-state index in [2.05, 4.69) is 27.2 Å². The van der Waals surface area contributed by atoms with Gasteiger partial charge in [-0.05, 0) is 31.2 Å². The van der Waals surface area contributed by atoms with Crippen molar-refractivity contribution in [1.82, 2.24) is 15.1 Å². The predicted octanol–water partition coefficient (Wildman–Crippen LogP) is 3.40. The largest absolute Gasteiger partial charge is 0.484 e. The van der Waals surface area contributed by atoms with Crippen LogP contribution in [0.5, 0.6) is 5.75 Å². The van der Waals surface area contributed by atoms with Gasteiger partial charge in [0.15, 0.2) is 6.61 Å². The molecule has 1 saturated heterocycles. The highest BCUT2D eigenvalue weighted by Crippen LogP contribution is 2.20. The van der Waals surface area contributed by atoms with Gasteiger partial charge in [-0.2, -0.15) is 0 Å². The van der Waals surface area contributed by atoms with Gasteiger partial charge in [0.05, 0.1) is 5.75 Å². The number of aryl methyl sites for hydroxylation is 1. The second-order valence-corrected chi connectivity index (χ2v) is 7.98. The van der Waals surface area contributed by atoms with E-state index in [4.69, 9.17) is 9.15 Å². The summed E-state index contributed by atoms with van der Waals surface area (Å²) < 4.78 is 11.2. The minimum absolute atomic E-state index is 0.0865. The number of carbonyl (C=O) groups is 1. The lowest BCUT2D eigenvalue weighted by Crippen LogP contribution is -2.49. The Morgan fingerprint density at radius 1 is 1.03 bits per heavy atom. The Morgan fingerprint density at radius 2 is 1.77 bits per heavy atom. The van der Waals surface area contributed by atoms with Crippen LogP contribution in [0.25, 0.3) is 0 Å². The van der Waals surface area contributed by atoms with Crippen molar-refractivity contribution in [3.63, 3.8) is 0 Å². The number of rotatable bonds is 7. The molecule has 4 rings (SSSR count).